The molecule has 0 aliphatic carbocycles. The highest BCUT2D eigenvalue weighted by Crippen LogP contribution is 2.41. The van der Waals surface area contributed by atoms with Crippen LogP contribution in [-0.4, -0.2) is 27.3 Å². The second-order valence-corrected chi connectivity index (χ2v) is 7.67. The largest absolute Gasteiger partial charge is 0.497 e. The summed E-state index contributed by atoms with van der Waals surface area (Å²) in [6.07, 6.45) is -0.0541. The summed E-state index contributed by atoms with van der Waals surface area (Å²) in [7, 11) is 3.35. The number of anilines is 2. The number of halogens is 2. The lowest BCUT2D eigenvalue weighted by Gasteiger charge is -2.34. The van der Waals surface area contributed by atoms with E-state index >= 15 is 0 Å². The highest BCUT2D eigenvalue weighted by Gasteiger charge is 2.35. The molecule has 0 aromatic heterocycles. The maximum atomic E-state index is 6.63. The molecule has 4 rings (SSSR count). The molecular weight excluding hydrogens is 407 g/mol. The van der Waals surface area contributed by atoms with Crippen LogP contribution >= 0.6 is 23.2 Å². The van der Waals surface area contributed by atoms with Gasteiger partial charge in [-0.2, -0.15) is 0 Å². The van der Waals surface area contributed by atoms with Crippen LogP contribution in [0.5, 0.6) is 11.5 Å². The van der Waals surface area contributed by atoms with Gasteiger partial charge in [0.2, 0.25) is 0 Å². The minimum atomic E-state index is -0.0541. The summed E-state index contributed by atoms with van der Waals surface area (Å²) < 4.78 is 10.6. The molecule has 0 spiro atoms. The van der Waals surface area contributed by atoms with E-state index in [1.807, 2.05) is 36.4 Å². The first kappa shape index (κ1) is 19.7. The summed E-state index contributed by atoms with van der Waals surface area (Å²) in [5, 5.41) is 1.28. The third-order valence-corrected chi connectivity index (χ3v) is 5.78. The quantitative estimate of drug-likeness (QED) is 0.494. The molecule has 0 radical (unpaired) electrons. The monoisotopic (exact) mass is 428 g/mol. The lowest BCUT2D eigenvalue weighted by atomic mass is 10.1. The van der Waals surface area contributed by atoms with Gasteiger partial charge in [-0.15, -0.1) is 0 Å². The lowest BCUT2D eigenvalue weighted by Crippen LogP contribution is -2.31. The van der Waals surface area contributed by atoms with E-state index in [1.165, 1.54) is 0 Å². The van der Waals surface area contributed by atoms with Crippen molar-refractivity contribution in [2.45, 2.75) is 6.17 Å². The minimum Gasteiger partial charge on any atom is -0.497 e. The molecule has 0 saturated carbocycles. The van der Waals surface area contributed by atoms with Gasteiger partial charge in [0, 0.05) is 40.1 Å². The summed E-state index contributed by atoms with van der Waals surface area (Å²) >= 11 is 12.8. The molecule has 6 heteroatoms. The molecule has 0 N–H and O–H groups in total. The molecule has 3 aromatic rings. The van der Waals surface area contributed by atoms with Crippen LogP contribution in [0.25, 0.3) is 0 Å². The van der Waals surface area contributed by atoms with Gasteiger partial charge < -0.3 is 19.3 Å². The van der Waals surface area contributed by atoms with Crippen LogP contribution in [0.15, 0.2) is 66.7 Å². The second kappa shape index (κ2) is 8.44. The van der Waals surface area contributed by atoms with Crippen molar-refractivity contribution in [2.75, 3.05) is 37.1 Å². The van der Waals surface area contributed by atoms with Gasteiger partial charge in [0.1, 0.15) is 17.7 Å². The lowest BCUT2D eigenvalue weighted by molar-refractivity contribution is 0.414. The number of methoxy groups -OCH3 is 2. The SMILES string of the molecule is COc1ccc(N2CCN(c3ccc(OC)cc3)C2c2ccc(Cl)cc2Cl)cc1. The summed E-state index contributed by atoms with van der Waals surface area (Å²) in [5.41, 5.74) is 3.23. The Labute approximate surface area is 181 Å². The van der Waals surface area contributed by atoms with Crippen molar-refractivity contribution in [1.29, 1.82) is 0 Å². The van der Waals surface area contributed by atoms with Crippen molar-refractivity contribution >= 4 is 34.6 Å². The Kier molecular flexibility index (Phi) is 5.74. The number of rotatable bonds is 5. The zero-order chi connectivity index (χ0) is 20.4. The number of hydrogen-bond donors (Lipinski definition) is 0. The van der Waals surface area contributed by atoms with Crippen LogP contribution in [0, 0.1) is 0 Å². The zero-order valence-corrected chi connectivity index (χ0v) is 17.8. The van der Waals surface area contributed by atoms with Gasteiger partial charge in [-0.25, -0.2) is 0 Å². The fourth-order valence-corrected chi connectivity index (χ4v) is 4.27. The Morgan fingerprint density at radius 1 is 0.724 bits per heavy atom. The summed E-state index contributed by atoms with van der Waals surface area (Å²) in [6.45, 7) is 1.73. The molecule has 1 heterocycles. The van der Waals surface area contributed by atoms with Crippen molar-refractivity contribution in [3.8, 4) is 11.5 Å². The van der Waals surface area contributed by atoms with E-state index in [4.69, 9.17) is 32.7 Å². The Balaban J connectivity index is 1.76. The Morgan fingerprint density at radius 3 is 1.62 bits per heavy atom. The molecule has 4 nitrogen and oxygen atoms in total. The predicted molar refractivity (Wildman–Crippen MR) is 120 cm³/mol. The van der Waals surface area contributed by atoms with Crippen LogP contribution in [0.2, 0.25) is 10.0 Å². The van der Waals surface area contributed by atoms with Crippen LogP contribution in [0.1, 0.15) is 11.7 Å². The minimum absolute atomic E-state index is 0.0541. The maximum absolute atomic E-state index is 6.63. The van der Waals surface area contributed by atoms with Crippen LogP contribution in [-0.2, 0) is 0 Å². The van der Waals surface area contributed by atoms with E-state index in [9.17, 15) is 0 Å². The van der Waals surface area contributed by atoms with Crippen LogP contribution < -0.4 is 19.3 Å². The third-order valence-electron chi connectivity index (χ3n) is 5.22. The molecule has 0 bridgehead atoms. The highest BCUT2D eigenvalue weighted by molar-refractivity contribution is 6.35. The molecule has 0 atom stereocenters. The maximum Gasteiger partial charge on any atom is 0.130 e. The van der Waals surface area contributed by atoms with Crippen molar-refractivity contribution in [3.05, 3.63) is 82.3 Å². The summed E-state index contributed by atoms with van der Waals surface area (Å²) in [6, 6.07) is 21.9. The Hall–Kier alpha value is -2.56. The molecule has 1 aliphatic rings. The van der Waals surface area contributed by atoms with Crippen molar-refractivity contribution in [2.24, 2.45) is 0 Å². The number of ether oxygens (including phenoxy) is 2. The van der Waals surface area contributed by atoms with Crippen molar-refractivity contribution in [1.82, 2.24) is 0 Å². The first-order valence-electron chi connectivity index (χ1n) is 9.37. The topological polar surface area (TPSA) is 24.9 Å². The molecule has 1 fully saturated rings. The number of hydrogen-bond acceptors (Lipinski definition) is 4. The van der Waals surface area contributed by atoms with Crippen molar-refractivity contribution in [3.63, 3.8) is 0 Å². The third kappa shape index (κ3) is 3.96. The Bertz CT molecular complexity index is 922. The average molecular weight is 429 g/mol. The van der Waals surface area contributed by atoms with E-state index in [-0.39, 0.29) is 6.17 Å². The summed E-state index contributed by atoms with van der Waals surface area (Å²) in [5.74, 6) is 1.67. The van der Waals surface area contributed by atoms with Crippen molar-refractivity contribution < 1.29 is 9.47 Å². The first-order chi connectivity index (χ1) is 14.1. The molecule has 0 amide bonds. The van der Waals surface area contributed by atoms with Crippen LogP contribution in [0.4, 0.5) is 11.4 Å². The zero-order valence-electron chi connectivity index (χ0n) is 16.3. The van der Waals surface area contributed by atoms with E-state index < -0.39 is 0 Å². The van der Waals surface area contributed by atoms with Gasteiger partial charge in [0.25, 0.3) is 0 Å². The number of benzene rings is 3. The van der Waals surface area contributed by atoms with E-state index in [0.29, 0.717) is 10.0 Å². The van der Waals surface area contributed by atoms with Gasteiger partial charge in [-0.05, 0) is 60.7 Å². The fraction of sp³-hybridized carbons (Fsp3) is 0.217. The molecule has 150 valence electrons. The van der Waals surface area contributed by atoms with Gasteiger partial charge in [-0.1, -0.05) is 29.3 Å². The van der Waals surface area contributed by atoms with E-state index in [0.717, 1.165) is 41.5 Å². The van der Waals surface area contributed by atoms with Gasteiger partial charge in [0.05, 0.1) is 14.2 Å². The molecule has 0 unspecified atom stereocenters. The predicted octanol–water partition coefficient (Wildman–Crippen LogP) is 6.04. The number of nitrogens with zero attached hydrogens (tertiary/aromatic N) is 2. The van der Waals surface area contributed by atoms with Gasteiger partial charge >= 0.3 is 0 Å². The summed E-state index contributed by atoms with van der Waals surface area (Å²) in [4.78, 5) is 4.69. The fourth-order valence-electron chi connectivity index (χ4n) is 3.76. The normalized spacial score (nSPS) is 14.3. The van der Waals surface area contributed by atoms with E-state index in [1.54, 1.807) is 20.3 Å². The molecule has 1 saturated heterocycles. The second-order valence-electron chi connectivity index (χ2n) is 6.82. The first-order valence-corrected chi connectivity index (χ1v) is 10.1. The highest BCUT2D eigenvalue weighted by atomic mass is 35.5. The average Bonchev–Trinajstić information content (AvgIpc) is 3.18. The molecule has 3 aromatic carbocycles. The van der Waals surface area contributed by atoms with Crippen LogP contribution in [0.3, 0.4) is 0 Å². The van der Waals surface area contributed by atoms with E-state index in [2.05, 4.69) is 34.1 Å². The molecule has 1 aliphatic heterocycles. The standard InChI is InChI=1S/C23H22Cl2N2O2/c1-28-19-8-4-17(5-9-19)26-13-14-27(18-6-10-20(29-2)11-7-18)23(26)21-12-3-16(24)15-22(21)25/h3-12,15,23H,13-14H2,1-2H3. The van der Waals surface area contributed by atoms with Gasteiger partial charge in [0.15, 0.2) is 0 Å². The Morgan fingerprint density at radius 2 is 1.21 bits per heavy atom. The van der Waals surface area contributed by atoms with Gasteiger partial charge in [-0.3, -0.25) is 0 Å². The molecular formula is C23H22Cl2N2O2. The molecule has 29 heavy (non-hydrogen) atoms. The smallest absolute Gasteiger partial charge is 0.130 e.